The number of aryl methyl sites for hydroxylation is 5. The van der Waals surface area contributed by atoms with Gasteiger partial charge in [0.15, 0.2) is 0 Å². The number of alkyl halides is 12. The molecular weight excluding hydrogens is 999 g/mol. The molecule has 0 N–H and O–H groups in total. The second kappa shape index (κ2) is 18.6. The smallest absolute Gasteiger partial charge is 0.309 e. The van der Waals surface area contributed by atoms with Crippen molar-refractivity contribution in [1.29, 1.82) is 0 Å². The topological polar surface area (TPSA) is 4.93 Å². The van der Waals surface area contributed by atoms with Gasteiger partial charge in [-0.05, 0) is 227 Å². The Bertz CT molecular complexity index is 3890. The zero-order valence-corrected chi connectivity index (χ0v) is 41.1. The molecule has 0 radical (unpaired) electrons. The molecule has 384 valence electrons. The van der Waals surface area contributed by atoms with Gasteiger partial charge in [0.2, 0.25) is 0 Å². The molecule has 0 aliphatic carbocycles. The molecule has 0 atom stereocenters. The number of hydrogen-bond acceptors (Lipinski definition) is 0. The van der Waals surface area contributed by atoms with E-state index in [4.69, 9.17) is 0 Å². The molecule has 1 aromatic heterocycles. The third kappa shape index (κ3) is 10.2. The first-order valence-electron chi connectivity index (χ1n) is 23.9. The largest absolute Gasteiger partial charge is 0.416 e. The summed E-state index contributed by atoms with van der Waals surface area (Å²) in [5.41, 5.74) is 5.13. The average molecular weight is 1040 g/mol. The van der Waals surface area contributed by atoms with Crippen LogP contribution in [0.4, 0.5) is 52.7 Å². The molecule has 1 nitrogen and oxygen atoms in total. The number of halogens is 12. The second-order valence-electron chi connectivity index (χ2n) is 19.5. The van der Waals surface area contributed by atoms with E-state index in [0.717, 1.165) is 63.3 Å². The van der Waals surface area contributed by atoms with Crippen LogP contribution in [0, 0.1) is 34.6 Å². The van der Waals surface area contributed by atoms with Crippen LogP contribution in [0.15, 0.2) is 170 Å². The van der Waals surface area contributed by atoms with E-state index in [1.807, 2.05) is 112 Å². The number of hydrogen-bond donors (Lipinski definition) is 0. The Morgan fingerprint density at radius 1 is 0.263 bits per heavy atom. The van der Waals surface area contributed by atoms with Crippen LogP contribution in [0.1, 0.15) is 50.1 Å². The lowest BCUT2D eigenvalue weighted by atomic mass is 9.90. The average Bonchev–Trinajstić information content (AvgIpc) is 3.84. The maximum atomic E-state index is 14.3. The molecule has 10 aromatic rings. The van der Waals surface area contributed by atoms with E-state index in [0.29, 0.717) is 61.8 Å². The van der Waals surface area contributed by atoms with Crippen LogP contribution < -0.4 is 0 Å². The molecule has 0 aliphatic heterocycles. The Kier molecular flexibility index (Phi) is 12.6. The Hall–Kier alpha value is -8.06. The van der Waals surface area contributed by atoms with Crippen molar-refractivity contribution < 1.29 is 52.7 Å². The summed E-state index contributed by atoms with van der Waals surface area (Å²) in [6, 6.07) is 43.3. The van der Waals surface area contributed by atoms with Crippen LogP contribution in [-0.2, 0) is 24.7 Å². The Morgan fingerprint density at radius 3 is 0.908 bits per heavy atom. The molecule has 0 spiro atoms. The fourth-order valence-corrected chi connectivity index (χ4v) is 10.2. The summed E-state index contributed by atoms with van der Waals surface area (Å²) in [6.45, 7) is 8.93. The first-order valence-corrected chi connectivity index (χ1v) is 23.9. The molecule has 76 heavy (non-hydrogen) atoms. The zero-order valence-electron chi connectivity index (χ0n) is 41.1. The van der Waals surface area contributed by atoms with E-state index in [9.17, 15) is 52.7 Å². The number of rotatable bonds is 7. The molecule has 0 saturated carbocycles. The first-order chi connectivity index (χ1) is 35.7. The molecule has 0 saturated heterocycles. The van der Waals surface area contributed by atoms with Crippen molar-refractivity contribution >= 4 is 21.8 Å². The summed E-state index contributed by atoms with van der Waals surface area (Å²) in [5, 5.41) is 1.38. The van der Waals surface area contributed by atoms with Gasteiger partial charge in [0.25, 0.3) is 0 Å². The van der Waals surface area contributed by atoms with Gasteiger partial charge in [0.1, 0.15) is 0 Å². The number of fused-ring (bicyclic) bond motifs is 3. The third-order valence-electron chi connectivity index (χ3n) is 13.6. The monoisotopic (exact) mass is 1040 g/mol. The minimum atomic E-state index is -5.18. The predicted octanol–water partition coefficient (Wildman–Crippen LogP) is 20.4. The van der Waals surface area contributed by atoms with Gasteiger partial charge < -0.3 is 4.57 Å². The normalized spacial score (nSPS) is 12.5. The molecule has 10 rings (SSSR count). The van der Waals surface area contributed by atoms with E-state index in [1.165, 1.54) is 25.1 Å². The van der Waals surface area contributed by atoms with Gasteiger partial charge in [-0.2, -0.15) is 52.7 Å². The van der Waals surface area contributed by atoms with Crippen LogP contribution in [0.2, 0.25) is 0 Å². The molecule has 9 aromatic carbocycles. The van der Waals surface area contributed by atoms with E-state index in [2.05, 4.69) is 4.57 Å². The highest BCUT2D eigenvalue weighted by atomic mass is 19.4. The van der Waals surface area contributed by atoms with Crippen molar-refractivity contribution in [3.05, 3.63) is 220 Å². The quantitative estimate of drug-likeness (QED) is 0.140. The van der Waals surface area contributed by atoms with Gasteiger partial charge in [-0.3, -0.25) is 0 Å². The maximum absolute atomic E-state index is 14.3. The molecule has 13 heteroatoms. The van der Waals surface area contributed by atoms with Gasteiger partial charge >= 0.3 is 24.7 Å². The van der Waals surface area contributed by atoms with Gasteiger partial charge in [0.05, 0.1) is 33.3 Å². The van der Waals surface area contributed by atoms with Crippen molar-refractivity contribution in [1.82, 2.24) is 4.57 Å². The SMILES string of the molecule is Cc1cc(C)cc(-c2cc(-c3cc(C)cc(C(F)(F)F)c3)cc(-c3ccc4c(c3)c3cc(-c5cc(-c6cc(C)cc(C(F)(F)F)c6)cc(-c6cc(C(F)(F)F)cc(C(F)(F)F)c6)c5)ccc3n4-c3ccccc3C)c2)c1. The van der Waals surface area contributed by atoms with Gasteiger partial charge in [-0.1, -0.05) is 71.8 Å². The van der Waals surface area contributed by atoms with Crippen LogP contribution in [0.25, 0.3) is 94.3 Å². The van der Waals surface area contributed by atoms with Crippen molar-refractivity contribution in [2.75, 3.05) is 0 Å². The summed E-state index contributed by atoms with van der Waals surface area (Å²) in [4.78, 5) is 0. The summed E-state index contributed by atoms with van der Waals surface area (Å²) < 4.78 is 173. The third-order valence-corrected chi connectivity index (χ3v) is 13.6. The number of para-hydroxylation sites is 1. The van der Waals surface area contributed by atoms with Crippen molar-refractivity contribution in [3.8, 4) is 72.4 Å². The van der Waals surface area contributed by atoms with Gasteiger partial charge in [-0.15, -0.1) is 0 Å². The maximum Gasteiger partial charge on any atom is 0.416 e. The highest BCUT2D eigenvalue weighted by Gasteiger charge is 2.38. The summed E-state index contributed by atoms with van der Waals surface area (Å²) in [6.07, 6.45) is -19.7. The summed E-state index contributed by atoms with van der Waals surface area (Å²) in [7, 11) is 0. The van der Waals surface area contributed by atoms with Crippen LogP contribution in [-0.4, -0.2) is 4.57 Å². The van der Waals surface area contributed by atoms with Crippen molar-refractivity contribution in [3.63, 3.8) is 0 Å². The Morgan fingerprint density at radius 2 is 0.553 bits per heavy atom. The highest BCUT2D eigenvalue weighted by Crippen LogP contribution is 2.45. The summed E-state index contributed by atoms with van der Waals surface area (Å²) >= 11 is 0. The lowest BCUT2D eigenvalue weighted by Crippen LogP contribution is -2.11. The molecule has 1 heterocycles. The predicted molar refractivity (Wildman–Crippen MR) is 277 cm³/mol. The molecule has 0 bridgehead atoms. The summed E-state index contributed by atoms with van der Waals surface area (Å²) in [5.74, 6) is 0. The highest BCUT2D eigenvalue weighted by molar-refractivity contribution is 6.12. The fourth-order valence-electron chi connectivity index (χ4n) is 10.2. The number of aromatic nitrogens is 1. The number of benzene rings is 9. The Balaban J connectivity index is 1.23. The molecule has 0 fully saturated rings. The first kappa shape index (κ1) is 51.4. The molecule has 0 unspecified atom stereocenters. The van der Waals surface area contributed by atoms with E-state index >= 15 is 0 Å². The van der Waals surface area contributed by atoms with Crippen LogP contribution >= 0.6 is 0 Å². The Labute approximate surface area is 429 Å². The number of nitrogens with zero attached hydrogens (tertiary/aromatic N) is 1. The van der Waals surface area contributed by atoms with E-state index in [-0.39, 0.29) is 33.9 Å². The van der Waals surface area contributed by atoms with Crippen molar-refractivity contribution in [2.24, 2.45) is 0 Å². The van der Waals surface area contributed by atoms with Crippen LogP contribution in [0.5, 0.6) is 0 Å². The van der Waals surface area contributed by atoms with Gasteiger partial charge in [-0.25, -0.2) is 0 Å². The van der Waals surface area contributed by atoms with Gasteiger partial charge in [0, 0.05) is 16.5 Å². The lowest BCUT2D eigenvalue weighted by molar-refractivity contribution is -0.143. The standard InChI is InChI=1S/C63H43F12N/c1-34-14-35(2)16-41(15-34)46-21-44(22-47(25-46)42-17-36(3)19-51(27-42)60(64,65)66)39-10-12-58-55(31-39)56-32-40(11-13-59(56)76(58)57-9-7-6-8-38(57)5)45-23-48(43-18-37(4)20-52(28-43)61(67,68)69)26-49(24-45)50-29-53(62(70,71)72)33-54(30-50)63(73,74)75/h6-33H,1-5H3. The second-order valence-corrected chi connectivity index (χ2v) is 19.5. The molecular formula is C63H43F12N. The molecule has 0 amide bonds. The lowest BCUT2D eigenvalue weighted by Gasteiger charge is -2.17. The minimum Gasteiger partial charge on any atom is -0.309 e. The van der Waals surface area contributed by atoms with E-state index in [1.54, 1.807) is 25.1 Å². The fraction of sp³-hybridized carbons (Fsp3) is 0.143. The zero-order chi connectivity index (χ0) is 54.4. The van der Waals surface area contributed by atoms with E-state index < -0.39 is 52.5 Å². The van der Waals surface area contributed by atoms with Crippen molar-refractivity contribution in [2.45, 2.75) is 59.3 Å². The van der Waals surface area contributed by atoms with Crippen LogP contribution in [0.3, 0.4) is 0 Å². The minimum absolute atomic E-state index is 0.0176. The molecule has 0 aliphatic rings.